The van der Waals surface area contributed by atoms with Crippen molar-refractivity contribution in [2.24, 2.45) is 0 Å². The molecule has 1 aromatic carbocycles. The fraction of sp³-hybridized carbons (Fsp3) is 0.333. The Morgan fingerprint density at radius 1 is 1.47 bits per heavy atom. The van der Waals surface area contributed by atoms with Crippen molar-refractivity contribution in [2.45, 2.75) is 12.5 Å². The summed E-state index contributed by atoms with van der Waals surface area (Å²) < 4.78 is 4.88. The highest BCUT2D eigenvalue weighted by molar-refractivity contribution is 5.95. The molecule has 0 aromatic heterocycles. The molecule has 0 saturated carbocycles. The Balaban J connectivity index is 2.33. The topological polar surface area (TPSA) is 66.8 Å². The first-order chi connectivity index (χ1) is 8.11. The second-order valence-corrected chi connectivity index (χ2v) is 3.91. The Hall–Kier alpha value is -2.04. The second kappa shape index (κ2) is 4.45. The highest BCUT2D eigenvalue weighted by atomic mass is 16.5. The highest BCUT2D eigenvalue weighted by Gasteiger charge is 2.31. The summed E-state index contributed by atoms with van der Waals surface area (Å²) in [5.41, 5.74) is 0.721. The van der Waals surface area contributed by atoms with E-state index in [0.29, 0.717) is 18.7 Å². The van der Waals surface area contributed by atoms with E-state index in [9.17, 15) is 9.59 Å². The quantitative estimate of drug-likeness (QED) is 0.796. The van der Waals surface area contributed by atoms with E-state index >= 15 is 0 Å². The third-order valence-corrected chi connectivity index (χ3v) is 2.89. The van der Waals surface area contributed by atoms with E-state index in [-0.39, 0.29) is 11.5 Å². The molecule has 0 bridgehead atoms. The summed E-state index contributed by atoms with van der Waals surface area (Å²) in [4.78, 5) is 24.2. The minimum Gasteiger partial charge on any atom is -0.478 e. The smallest absolute Gasteiger partial charge is 0.337 e. The Morgan fingerprint density at radius 2 is 2.18 bits per heavy atom. The number of carboxylic acid groups (broad SMARTS) is 1. The molecule has 90 valence electrons. The summed E-state index contributed by atoms with van der Waals surface area (Å²) in [6.07, 6.45) is 0.587. The number of anilines is 1. The maximum atomic E-state index is 11.5. The van der Waals surface area contributed by atoms with Gasteiger partial charge in [0, 0.05) is 13.5 Å². The van der Waals surface area contributed by atoms with Gasteiger partial charge in [-0.2, -0.15) is 0 Å². The second-order valence-electron chi connectivity index (χ2n) is 3.91. The van der Waals surface area contributed by atoms with E-state index in [0.717, 1.165) is 0 Å². The molecule has 1 saturated heterocycles. The summed E-state index contributed by atoms with van der Waals surface area (Å²) in [6, 6.07) is 6.23. The van der Waals surface area contributed by atoms with Gasteiger partial charge < -0.3 is 14.7 Å². The maximum absolute atomic E-state index is 11.5. The number of benzene rings is 1. The van der Waals surface area contributed by atoms with E-state index in [1.807, 2.05) is 0 Å². The monoisotopic (exact) mass is 235 g/mol. The molecule has 0 radical (unpaired) electrons. The number of aromatic carboxylic acids is 1. The fourth-order valence-corrected chi connectivity index (χ4v) is 1.97. The van der Waals surface area contributed by atoms with Crippen LogP contribution in [0.15, 0.2) is 24.3 Å². The molecule has 1 N–H and O–H groups in total. The summed E-state index contributed by atoms with van der Waals surface area (Å²) in [5.74, 6) is -1.30. The largest absolute Gasteiger partial charge is 0.478 e. The van der Waals surface area contributed by atoms with Crippen molar-refractivity contribution in [1.29, 1.82) is 0 Å². The Morgan fingerprint density at radius 3 is 2.76 bits per heavy atom. The molecule has 2 rings (SSSR count). The lowest BCUT2D eigenvalue weighted by Crippen LogP contribution is -2.36. The molecule has 1 atom stereocenters. The van der Waals surface area contributed by atoms with Gasteiger partial charge in [-0.15, -0.1) is 0 Å². The van der Waals surface area contributed by atoms with Crippen molar-refractivity contribution in [1.82, 2.24) is 0 Å². The maximum Gasteiger partial charge on any atom is 0.337 e. The van der Waals surface area contributed by atoms with Gasteiger partial charge in [-0.25, -0.2) is 9.59 Å². The lowest BCUT2D eigenvalue weighted by molar-refractivity contribution is -0.139. The molecule has 1 aliphatic rings. The molecule has 0 amide bonds. The number of likely N-dealkylation sites (N-methyl/N-ethyl adjacent to an activating group) is 1. The predicted octanol–water partition coefficient (Wildman–Crippen LogP) is 1.14. The van der Waals surface area contributed by atoms with Crippen LogP contribution in [-0.2, 0) is 9.53 Å². The predicted molar refractivity (Wildman–Crippen MR) is 61.2 cm³/mol. The minimum absolute atomic E-state index is 0.190. The number of hydrogen-bond donors (Lipinski definition) is 1. The van der Waals surface area contributed by atoms with Crippen LogP contribution in [0, 0.1) is 0 Å². The summed E-state index contributed by atoms with van der Waals surface area (Å²) in [5, 5.41) is 9.08. The van der Waals surface area contributed by atoms with Crippen molar-refractivity contribution < 1.29 is 19.4 Å². The van der Waals surface area contributed by atoms with E-state index in [1.165, 1.54) is 6.07 Å². The molecule has 1 aliphatic heterocycles. The normalized spacial score (nSPS) is 18.9. The Labute approximate surface area is 98.6 Å². The van der Waals surface area contributed by atoms with Gasteiger partial charge in [0.1, 0.15) is 6.04 Å². The molecule has 0 unspecified atom stereocenters. The van der Waals surface area contributed by atoms with Gasteiger partial charge in [-0.3, -0.25) is 0 Å². The number of nitrogens with zero attached hydrogens (tertiary/aromatic N) is 1. The molecule has 1 heterocycles. The number of carbonyl (C=O) groups excluding carboxylic acids is 1. The molecule has 0 aliphatic carbocycles. The number of cyclic esters (lactones) is 1. The van der Waals surface area contributed by atoms with E-state index in [4.69, 9.17) is 9.84 Å². The van der Waals surface area contributed by atoms with Crippen LogP contribution in [-0.4, -0.2) is 36.7 Å². The van der Waals surface area contributed by atoms with E-state index in [1.54, 1.807) is 30.1 Å². The Kier molecular flexibility index (Phi) is 2.99. The number of para-hydroxylation sites is 1. The molecular formula is C12H13NO4. The van der Waals surface area contributed by atoms with Crippen molar-refractivity contribution in [2.75, 3.05) is 18.6 Å². The number of esters is 1. The standard InChI is InChI=1S/C12H13NO4/c1-13(10-6-7-17-12(10)16)9-5-3-2-4-8(9)11(14)15/h2-5,10H,6-7H2,1H3,(H,14,15)/t10-/m0/s1. The van der Waals surface area contributed by atoms with Crippen molar-refractivity contribution in [3.63, 3.8) is 0 Å². The van der Waals surface area contributed by atoms with Crippen LogP contribution in [0.5, 0.6) is 0 Å². The third-order valence-electron chi connectivity index (χ3n) is 2.89. The summed E-state index contributed by atoms with van der Waals surface area (Å²) in [6.45, 7) is 0.392. The molecular weight excluding hydrogens is 222 g/mol. The van der Waals surface area contributed by atoms with E-state index < -0.39 is 12.0 Å². The molecule has 17 heavy (non-hydrogen) atoms. The zero-order valence-corrected chi connectivity index (χ0v) is 9.42. The van der Waals surface area contributed by atoms with Crippen LogP contribution in [0.1, 0.15) is 16.8 Å². The fourth-order valence-electron chi connectivity index (χ4n) is 1.97. The van der Waals surface area contributed by atoms with Gasteiger partial charge >= 0.3 is 11.9 Å². The molecule has 5 nitrogen and oxygen atoms in total. The Bertz CT molecular complexity index is 458. The van der Waals surface area contributed by atoms with Gasteiger partial charge in [0.25, 0.3) is 0 Å². The van der Waals surface area contributed by atoms with Gasteiger partial charge in [-0.1, -0.05) is 12.1 Å². The lowest BCUT2D eigenvalue weighted by Gasteiger charge is -2.24. The summed E-state index contributed by atoms with van der Waals surface area (Å²) in [7, 11) is 1.71. The van der Waals surface area contributed by atoms with Crippen molar-refractivity contribution in [3.8, 4) is 0 Å². The summed E-state index contributed by atoms with van der Waals surface area (Å²) >= 11 is 0. The van der Waals surface area contributed by atoms with Crippen LogP contribution in [0.3, 0.4) is 0 Å². The third kappa shape index (κ3) is 2.08. The van der Waals surface area contributed by atoms with Crippen LogP contribution < -0.4 is 4.90 Å². The van der Waals surface area contributed by atoms with E-state index in [2.05, 4.69) is 0 Å². The van der Waals surface area contributed by atoms with Gasteiger partial charge in [0.2, 0.25) is 0 Å². The molecule has 0 spiro atoms. The van der Waals surface area contributed by atoms with Gasteiger partial charge in [0.15, 0.2) is 0 Å². The number of carbonyl (C=O) groups is 2. The van der Waals surface area contributed by atoms with Crippen molar-refractivity contribution >= 4 is 17.6 Å². The number of rotatable bonds is 3. The first-order valence-electron chi connectivity index (χ1n) is 5.33. The van der Waals surface area contributed by atoms with Crippen LogP contribution >= 0.6 is 0 Å². The number of ether oxygens (including phenoxy) is 1. The first-order valence-corrected chi connectivity index (χ1v) is 5.33. The van der Waals surface area contributed by atoms with Crippen LogP contribution in [0.4, 0.5) is 5.69 Å². The number of hydrogen-bond acceptors (Lipinski definition) is 4. The zero-order valence-electron chi connectivity index (χ0n) is 9.42. The van der Waals surface area contributed by atoms with Gasteiger partial charge in [-0.05, 0) is 12.1 Å². The minimum atomic E-state index is -1.00. The molecule has 1 aromatic rings. The van der Waals surface area contributed by atoms with Gasteiger partial charge in [0.05, 0.1) is 17.9 Å². The average Bonchev–Trinajstić information content (AvgIpc) is 2.74. The zero-order chi connectivity index (χ0) is 12.4. The molecule has 5 heteroatoms. The molecule has 1 fully saturated rings. The SMILES string of the molecule is CN(c1ccccc1C(=O)O)[C@H]1CCOC1=O. The van der Waals surface area contributed by atoms with Crippen LogP contribution in [0.25, 0.3) is 0 Å². The van der Waals surface area contributed by atoms with Crippen molar-refractivity contribution in [3.05, 3.63) is 29.8 Å². The highest BCUT2D eigenvalue weighted by Crippen LogP contribution is 2.24. The lowest BCUT2D eigenvalue weighted by atomic mass is 10.1. The van der Waals surface area contributed by atoms with Crippen LogP contribution in [0.2, 0.25) is 0 Å². The average molecular weight is 235 g/mol. The number of carboxylic acids is 1. The first kappa shape index (κ1) is 11.4.